The van der Waals surface area contributed by atoms with E-state index in [4.69, 9.17) is 9.47 Å². The van der Waals surface area contributed by atoms with Crippen LogP contribution in [-0.2, 0) is 38.4 Å². The first-order chi connectivity index (χ1) is 38.7. The van der Waals surface area contributed by atoms with E-state index in [0.29, 0.717) is 63.2 Å². The van der Waals surface area contributed by atoms with Crippen LogP contribution in [0.25, 0.3) is 0 Å². The molecule has 0 aromatic heterocycles. The number of hydrogen-bond donors (Lipinski definition) is 8. The number of likely N-dealkylation sites (N-methyl/N-ethyl adjacent to an activating group) is 2. The zero-order valence-corrected chi connectivity index (χ0v) is 47.2. The van der Waals surface area contributed by atoms with Gasteiger partial charge in [0.15, 0.2) is 0 Å². The fourth-order valence-electron chi connectivity index (χ4n) is 13.5. The molecule has 2 aromatic rings. The summed E-state index contributed by atoms with van der Waals surface area (Å²) in [6.45, 7) is 4.51. The Morgan fingerprint density at radius 2 is 0.850 bits per heavy atom. The minimum atomic E-state index is -0.906. The largest absolute Gasteiger partial charge is 0.493 e. The number of rotatable bonds is 18. The minimum absolute atomic E-state index is 0.0938. The number of carbonyl (C=O) groups excluding carboxylic acids is 8. The van der Waals surface area contributed by atoms with Gasteiger partial charge in [-0.3, -0.25) is 38.4 Å². The lowest BCUT2D eigenvalue weighted by Gasteiger charge is -2.35. The molecule has 0 bridgehead atoms. The normalized spacial score (nSPS) is 27.5. The molecule has 0 spiro atoms. The molecule has 0 unspecified atom stereocenters. The first-order valence-electron chi connectivity index (χ1n) is 29.9. The van der Waals surface area contributed by atoms with E-state index < -0.39 is 60.2 Å². The molecule has 4 heterocycles. The predicted molar refractivity (Wildman–Crippen MR) is 298 cm³/mol. The summed E-state index contributed by atoms with van der Waals surface area (Å²) in [5.41, 5.74) is 1.71. The lowest BCUT2D eigenvalue weighted by Crippen LogP contribution is -2.58. The molecule has 80 heavy (non-hydrogen) atoms. The Bertz CT molecular complexity index is 2370. The van der Waals surface area contributed by atoms with Gasteiger partial charge in [0.2, 0.25) is 47.3 Å². The van der Waals surface area contributed by atoms with Gasteiger partial charge >= 0.3 is 0 Å². The van der Waals surface area contributed by atoms with Crippen LogP contribution >= 0.6 is 0 Å². The Morgan fingerprint density at radius 1 is 0.475 bits per heavy atom. The lowest BCUT2D eigenvalue weighted by molar-refractivity contribution is -0.143. The molecule has 20 nitrogen and oxygen atoms in total. The van der Waals surface area contributed by atoms with Crippen molar-refractivity contribution >= 4 is 47.3 Å². The number of hydrogen-bond acceptors (Lipinski definition) is 12. The Morgan fingerprint density at radius 3 is 1.23 bits per heavy atom. The number of carbonyl (C=O) groups is 8. The van der Waals surface area contributed by atoms with E-state index in [1.54, 1.807) is 37.7 Å². The van der Waals surface area contributed by atoms with Crippen molar-refractivity contribution in [2.75, 3.05) is 40.4 Å². The van der Waals surface area contributed by atoms with Gasteiger partial charge in [-0.15, -0.1) is 0 Å². The highest BCUT2D eigenvalue weighted by Gasteiger charge is 2.48. The van der Waals surface area contributed by atoms with E-state index in [0.717, 1.165) is 75.3 Å². The van der Waals surface area contributed by atoms with Crippen LogP contribution in [0.5, 0.6) is 11.5 Å². The van der Waals surface area contributed by atoms with Gasteiger partial charge in [0.05, 0.1) is 37.4 Å². The molecule has 436 valence electrons. The van der Waals surface area contributed by atoms with Gasteiger partial charge in [-0.05, 0) is 116 Å². The lowest BCUT2D eigenvalue weighted by atomic mass is 9.81. The third-order valence-corrected chi connectivity index (χ3v) is 18.5. The van der Waals surface area contributed by atoms with Crippen molar-refractivity contribution in [1.82, 2.24) is 52.3 Å². The molecule has 20 heteroatoms. The van der Waals surface area contributed by atoms with Crippen LogP contribution in [0.1, 0.15) is 153 Å². The van der Waals surface area contributed by atoms with Crippen molar-refractivity contribution in [3.05, 3.63) is 59.7 Å². The van der Waals surface area contributed by atoms with Gasteiger partial charge in [0.25, 0.3) is 0 Å². The summed E-state index contributed by atoms with van der Waals surface area (Å²) in [4.78, 5) is 117. The number of nitrogens with one attached hydrogen (secondary N) is 8. The average molecular weight is 1110 g/mol. The number of fused-ring (bicyclic) bond motifs is 2. The SMILES string of the molecule is CN[C@@H](C)C(=O)N[C@H](C(=O)N1C[C@@H](NC(=O)C2CCC(C(=O)N[C@H]3C[C@@H](C(=O)N[C@@H]4CCOc5ccccc54)N(C(=O)[C@@H](NC(=O)[C@H](C)NC)C4CCCCC4)C3)CC2)C[C@H]1C(=O)N[C@@H]1CCOc2ccccc21)C1CCCCC1. The summed E-state index contributed by atoms with van der Waals surface area (Å²) in [6, 6.07) is 8.85. The molecule has 8 N–H and O–H groups in total. The van der Waals surface area contributed by atoms with Crippen molar-refractivity contribution in [2.45, 2.75) is 190 Å². The maximum atomic E-state index is 14.9. The molecule has 5 fully saturated rings. The van der Waals surface area contributed by atoms with E-state index in [2.05, 4.69) is 42.5 Å². The van der Waals surface area contributed by atoms with Crippen molar-refractivity contribution in [3.8, 4) is 11.5 Å². The molecule has 2 saturated heterocycles. The molecule has 3 aliphatic carbocycles. The van der Waals surface area contributed by atoms with Gasteiger partial charge in [-0.2, -0.15) is 0 Å². The van der Waals surface area contributed by atoms with Crippen molar-refractivity contribution in [3.63, 3.8) is 0 Å². The molecule has 2 aromatic carbocycles. The molecule has 9 rings (SSSR count). The molecule has 10 atom stereocenters. The van der Waals surface area contributed by atoms with Crippen LogP contribution in [0.15, 0.2) is 48.5 Å². The Hall–Kier alpha value is -6.28. The number of nitrogens with zero attached hydrogens (tertiary/aromatic N) is 2. The zero-order valence-electron chi connectivity index (χ0n) is 47.2. The molecule has 4 aliphatic heterocycles. The number of benzene rings is 2. The Labute approximate surface area is 470 Å². The van der Waals surface area contributed by atoms with Crippen LogP contribution in [-0.4, -0.2) is 146 Å². The molecule has 8 amide bonds. The minimum Gasteiger partial charge on any atom is -0.493 e. The van der Waals surface area contributed by atoms with E-state index in [-0.39, 0.29) is 97.1 Å². The van der Waals surface area contributed by atoms with E-state index in [1.807, 2.05) is 48.5 Å². The molecule has 7 aliphatic rings. The van der Waals surface area contributed by atoms with Crippen LogP contribution < -0.4 is 52.0 Å². The Kier molecular flexibility index (Phi) is 19.7. The third-order valence-electron chi connectivity index (χ3n) is 18.5. The maximum Gasteiger partial charge on any atom is 0.246 e. The van der Waals surface area contributed by atoms with Gasteiger partial charge < -0.3 is 61.8 Å². The van der Waals surface area contributed by atoms with Crippen LogP contribution in [0.3, 0.4) is 0 Å². The van der Waals surface area contributed by atoms with Gasteiger partial charge in [-0.1, -0.05) is 74.9 Å². The average Bonchev–Trinajstić information content (AvgIpc) is 4.12. The maximum absolute atomic E-state index is 14.9. The number of amides is 8. The second-order valence-corrected chi connectivity index (χ2v) is 23.7. The monoisotopic (exact) mass is 1110 g/mol. The quantitative estimate of drug-likeness (QED) is 0.107. The summed E-state index contributed by atoms with van der Waals surface area (Å²) in [7, 11) is 3.38. The number of para-hydroxylation sites is 2. The highest BCUT2D eigenvalue weighted by Crippen LogP contribution is 2.37. The Balaban J connectivity index is 0.855. The number of ether oxygens (including phenoxy) is 2. The topological polar surface area (TPSA) is 258 Å². The van der Waals surface area contributed by atoms with Crippen LogP contribution in [0, 0.1) is 23.7 Å². The molecule has 0 radical (unpaired) electrons. The summed E-state index contributed by atoms with van der Waals surface area (Å²) in [6.07, 6.45) is 12.2. The van der Waals surface area contributed by atoms with Crippen LogP contribution in [0.4, 0.5) is 0 Å². The highest BCUT2D eigenvalue weighted by molar-refractivity contribution is 5.95. The van der Waals surface area contributed by atoms with Crippen molar-refractivity contribution in [1.29, 1.82) is 0 Å². The second kappa shape index (κ2) is 27.0. The summed E-state index contributed by atoms with van der Waals surface area (Å²) >= 11 is 0. The highest BCUT2D eigenvalue weighted by atomic mass is 16.5. The molecular formula is C60H86N10O10. The second-order valence-electron chi connectivity index (χ2n) is 23.7. The van der Waals surface area contributed by atoms with E-state index in [9.17, 15) is 38.4 Å². The smallest absolute Gasteiger partial charge is 0.246 e. The van der Waals surface area contributed by atoms with E-state index in [1.165, 1.54) is 0 Å². The van der Waals surface area contributed by atoms with Crippen molar-refractivity contribution < 1.29 is 47.8 Å². The summed E-state index contributed by atoms with van der Waals surface area (Å²) in [5, 5.41) is 24.9. The molecule has 3 saturated carbocycles. The third kappa shape index (κ3) is 13.7. The summed E-state index contributed by atoms with van der Waals surface area (Å²) < 4.78 is 11.8. The fraction of sp³-hybridized carbons (Fsp3) is 0.667. The number of likely N-dealkylation sites (tertiary alicyclic amines) is 2. The summed E-state index contributed by atoms with van der Waals surface area (Å²) in [5.74, 6) is -1.93. The van der Waals surface area contributed by atoms with E-state index >= 15 is 0 Å². The van der Waals surface area contributed by atoms with Gasteiger partial charge in [0, 0.05) is 61.0 Å². The first kappa shape index (κ1) is 58.4. The zero-order chi connectivity index (χ0) is 56.5. The molecular weight excluding hydrogens is 1020 g/mol. The van der Waals surface area contributed by atoms with Crippen LogP contribution in [0.2, 0.25) is 0 Å². The van der Waals surface area contributed by atoms with Gasteiger partial charge in [-0.25, -0.2) is 0 Å². The van der Waals surface area contributed by atoms with Crippen molar-refractivity contribution in [2.24, 2.45) is 23.7 Å². The fourth-order valence-corrected chi connectivity index (χ4v) is 13.5. The first-order valence-corrected chi connectivity index (χ1v) is 29.9. The van der Waals surface area contributed by atoms with Gasteiger partial charge in [0.1, 0.15) is 35.7 Å². The predicted octanol–water partition coefficient (Wildman–Crippen LogP) is 3.59. The standard InChI is InChI=1S/C60H86N10O10/c1-35(61-3)53(71)67-51(37-15-7-5-8-16-37)59(77)69-33-41(31-47(69)57(75)65-45-27-29-79-49-21-13-11-19-43(45)49)63-55(73)39-23-25-40(26-24-39)56(74)64-42-32-48(58(76)66-46-28-30-80-50-22-14-12-20-44(46)50)70(34-42)60(78)52(38-17-9-6-10-18-38)68-54(72)36(2)62-4/h11-14,19-22,35-42,45-48,51-52,61-62H,5-10,15-18,23-34H2,1-4H3,(H,63,73)(H,64,74)(H,65,75)(H,66,76)(H,67,71)(H,68,72)/t35-,36-,39?,40?,41-,42-,45+,46+,47-,48-,51-,52-/m0/s1.